The minimum atomic E-state index is 0.510. The summed E-state index contributed by atoms with van der Waals surface area (Å²) in [6, 6.07) is 5.43. The lowest BCUT2D eigenvalue weighted by Crippen LogP contribution is -2.03. The average molecular weight is 271 g/mol. The number of halogens is 2. The van der Waals surface area contributed by atoms with Gasteiger partial charge >= 0.3 is 0 Å². The zero-order valence-electron chi connectivity index (χ0n) is 9.11. The van der Waals surface area contributed by atoms with Crippen LogP contribution in [0, 0.1) is 0 Å². The molecule has 1 aromatic heterocycles. The second kappa shape index (κ2) is 5.49. The Morgan fingerprint density at radius 2 is 1.94 bits per heavy atom. The molecule has 0 aliphatic heterocycles. The van der Waals surface area contributed by atoms with Crippen LogP contribution in [-0.4, -0.2) is 21.5 Å². The minimum absolute atomic E-state index is 0.510. The standard InChI is InChI=1S/C11H12Cl2N4/c12-10-2-1-3-11(13)9(10)7-17-6-8(4-5-14)15-16-17/h1-3,6H,4-5,7,14H2. The lowest BCUT2D eigenvalue weighted by atomic mass is 10.2. The zero-order valence-corrected chi connectivity index (χ0v) is 10.6. The molecule has 4 nitrogen and oxygen atoms in total. The SMILES string of the molecule is NCCc1cn(Cc2c(Cl)cccc2Cl)nn1. The Morgan fingerprint density at radius 1 is 1.24 bits per heavy atom. The zero-order chi connectivity index (χ0) is 12.3. The van der Waals surface area contributed by atoms with Gasteiger partial charge in [0.25, 0.3) is 0 Å². The smallest absolute Gasteiger partial charge is 0.0839 e. The Hall–Kier alpha value is -1.10. The van der Waals surface area contributed by atoms with Crippen LogP contribution in [0.4, 0.5) is 0 Å². The monoisotopic (exact) mass is 270 g/mol. The second-order valence-corrected chi connectivity index (χ2v) is 4.46. The fraction of sp³-hybridized carbons (Fsp3) is 0.273. The maximum absolute atomic E-state index is 6.08. The van der Waals surface area contributed by atoms with Gasteiger partial charge in [0.2, 0.25) is 0 Å². The second-order valence-electron chi connectivity index (χ2n) is 3.65. The molecule has 0 spiro atoms. The predicted octanol–water partition coefficient (Wildman–Crippen LogP) is 2.13. The predicted molar refractivity (Wildman–Crippen MR) is 68.3 cm³/mol. The Balaban J connectivity index is 2.19. The van der Waals surface area contributed by atoms with Crippen molar-refractivity contribution in [2.75, 3.05) is 6.54 Å². The van der Waals surface area contributed by atoms with Crippen molar-refractivity contribution in [3.05, 3.63) is 45.7 Å². The first kappa shape index (κ1) is 12.4. The summed E-state index contributed by atoms with van der Waals surface area (Å²) in [4.78, 5) is 0. The molecule has 0 radical (unpaired) electrons. The molecule has 1 heterocycles. The molecule has 0 fully saturated rings. The summed E-state index contributed by atoms with van der Waals surface area (Å²) in [5, 5.41) is 9.28. The highest BCUT2D eigenvalue weighted by Gasteiger charge is 2.07. The summed E-state index contributed by atoms with van der Waals surface area (Å²) >= 11 is 12.2. The van der Waals surface area contributed by atoms with Crippen LogP contribution in [0.2, 0.25) is 10.0 Å². The summed E-state index contributed by atoms with van der Waals surface area (Å²) in [6.07, 6.45) is 2.57. The number of aromatic nitrogens is 3. The van der Waals surface area contributed by atoms with E-state index in [-0.39, 0.29) is 0 Å². The van der Waals surface area contributed by atoms with Crippen molar-refractivity contribution < 1.29 is 0 Å². The van der Waals surface area contributed by atoms with Crippen LogP contribution in [0.5, 0.6) is 0 Å². The third kappa shape index (κ3) is 2.97. The maximum atomic E-state index is 6.08. The molecule has 6 heteroatoms. The molecule has 0 saturated heterocycles. The highest BCUT2D eigenvalue weighted by molar-refractivity contribution is 6.35. The van der Waals surface area contributed by atoms with E-state index in [1.807, 2.05) is 12.3 Å². The van der Waals surface area contributed by atoms with Gasteiger partial charge < -0.3 is 5.73 Å². The Kier molecular flexibility index (Phi) is 3.99. The van der Waals surface area contributed by atoms with Gasteiger partial charge in [0.15, 0.2) is 0 Å². The number of nitrogens with two attached hydrogens (primary N) is 1. The van der Waals surface area contributed by atoms with E-state index in [2.05, 4.69) is 10.3 Å². The fourth-order valence-corrected chi connectivity index (χ4v) is 2.04. The minimum Gasteiger partial charge on any atom is -0.330 e. The molecule has 0 aliphatic rings. The van der Waals surface area contributed by atoms with E-state index in [4.69, 9.17) is 28.9 Å². The van der Waals surface area contributed by atoms with Crippen LogP contribution in [0.3, 0.4) is 0 Å². The van der Waals surface area contributed by atoms with Crippen molar-refractivity contribution in [2.45, 2.75) is 13.0 Å². The van der Waals surface area contributed by atoms with E-state index in [9.17, 15) is 0 Å². The first-order chi connectivity index (χ1) is 8.20. The highest BCUT2D eigenvalue weighted by Crippen LogP contribution is 2.24. The van der Waals surface area contributed by atoms with Gasteiger partial charge in [-0.25, -0.2) is 4.68 Å². The Bertz CT molecular complexity index is 490. The van der Waals surface area contributed by atoms with E-state index in [0.717, 1.165) is 17.7 Å². The van der Waals surface area contributed by atoms with Gasteiger partial charge in [0.1, 0.15) is 0 Å². The molecule has 1 aromatic carbocycles. The molecule has 0 unspecified atom stereocenters. The number of hydrogen-bond donors (Lipinski definition) is 1. The van der Waals surface area contributed by atoms with Crippen molar-refractivity contribution >= 4 is 23.2 Å². The van der Waals surface area contributed by atoms with Crippen molar-refractivity contribution in [1.29, 1.82) is 0 Å². The van der Waals surface area contributed by atoms with Gasteiger partial charge in [-0.05, 0) is 18.7 Å². The van der Waals surface area contributed by atoms with Gasteiger partial charge in [-0.1, -0.05) is 34.5 Å². The molecule has 0 aliphatic carbocycles. The summed E-state index contributed by atoms with van der Waals surface area (Å²) in [6.45, 7) is 1.07. The first-order valence-electron chi connectivity index (χ1n) is 5.22. The van der Waals surface area contributed by atoms with Crippen LogP contribution in [0.1, 0.15) is 11.3 Å². The van der Waals surface area contributed by atoms with Crippen molar-refractivity contribution in [2.24, 2.45) is 5.73 Å². The van der Waals surface area contributed by atoms with E-state index in [0.29, 0.717) is 23.1 Å². The molecule has 0 amide bonds. The van der Waals surface area contributed by atoms with Gasteiger partial charge in [-0.15, -0.1) is 5.10 Å². The lowest BCUT2D eigenvalue weighted by molar-refractivity contribution is 0.649. The number of nitrogens with zero attached hydrogens (tertiary/aromatic N) is 3. The third-order valence-electron chi connectivity index (χ3n) is 2.37. The molecule has 2 N–H and O–H groups in total. The molecular formula is C11H12Cl2N4. The molecule has 17 heavy (non-hydrogen) atoms. The molecule has 2 rings (SSSR count). The molecule has 90 valence electrons. The molecular weight excluding hydrogens is 259 g/mol. The molecule has 0 saturated carbocycles. The number of benzene rings is 1. The van der Waals surface area contributed by atoms with Crippen molar-refractivity contribution in [3.8, 4) is 0 Å². The van der Waals surface area contributed by atoms with Crippen LogP contribution >= 0.6 is 23.2 Å². The summed E-state index contributed by atoms with van der Waals surface area (Å²) < 4.78 is 1.71. The van der Waals surface area contributed by atoms with Crippen molar-refractivity contribution in [1.82, 2.24) is 15.0 Å². The Morgan fingerprint density at radius 3 is 2.59 bits per heavy atom. The van der Waals surface area contributed by atoms with Crippen LogP contribution in [0.25, 0.3) is 0 Å². The highest BCUT2D eigenvalue weighted by atomic mass is 35.5. The van der Waals surface area contributed by atoms with Crippen LogP contribution in [-0.2, 0) is 13.0 Å². The Labute approximate surface area is 109 Å². The maximum Gasteiger partial charge on any atom is 0.0839 e. The van der Waals surface area contributed by atoms with Gasteiger partial charge in [0.05, 0.1) is 12.2 Å². The molecule has 0 atom stereocenters. The van der Waals surface area contributed by atoms with Crippen LogP contribution < -0.4 is 5.73 Å². The number of hydrogen-bond acceptors (Lipinski definition) is 3. The lowest BCUT2D eigenvalue weighted by Gasteiger charge is -2.05. The van der Waals surface area contributed by atoms with E-state index in [1.54, 1.807) is 16.8 Å². The average Bonchev–Trinajstić information content (AvgIpc) is 2.72. The van der Waals surface area contributed by atoms with E-state index in [1.165, 1.54) is 0 Å². The molecule has 2 aromatic rings. The summed E-state index contributed by atoms with van der Waals surface area (Å²) in [5.41, 5.74) is 7.17. The van der Waals surface area contributed by atoms with Crippen molar-refractivity contribution in [3.63, 3.8) is 0 Å². The van der Waals surface area contributed by atoms with Crippen LogP contribution in [0.15, 0.2) is 24.4 Å². The molecule has 0 bridgehead atoms. The first-order valence-corrected chi connectivity index (χ1v) is 5.98. The van der Waals surface area contributed by atoms with Gasteiger partial charge in [0, 0.05) is 28.2 Å². The van der Waals surface area contributed by atoms with Gasteiger partial charge in [-0.3, -0.25) is 0 Å². The summed E-state index contributed by atoms with van der Waals surface area (Å²) in [7, 11) is 0. The van der Waals surface area contributed by atoms with E-state index >= 15 is 0 Å². The normalized spacial score (nSPS) is 10.8. The van der Waals surface area contributed by atoms with E-state index < -0.39 is 0 Å². The largest absolute Gasteiger partial charge is 0.330 e. The number of rotatable bonds is 4. The summed E-state index contributed by atoms with van der Waals surface area (Å²) in [5.74, 6) is 0. The van der Waals surface area contributed by atoms with Gasteiger partial charge in [-0.2, -0.15) is 0 Å². The quantitative estimate of drug-likeness (QED) is 0.926. The fourth-order valence-electron chi connectivity index (χ4n) is 1.52. The topological polar surface area (TPSA) is 56.7 Å². The third-order valence-corrected chi connectivity index (χ3v) is 3.08.